The molecule has 2 atom stereocenters. The van der Waals surface area contributed by atoms with E-state index in [2.05, 4.69) is 43.1 Å². The van der Waals surface area contributed by atoms with Crippen LogP contribution in [0, 0.1) is 12.8 Å². The first-order valence-electron chi connectivity index (χ1n) is 7.21. The van der Waals surface area contributed by atoms with Gasteiger partial charge in [-0.05, 0) is 37.3 Å². The Morgan fingerprint density at radius 2 is 1.89 bits per heavy atom. The predicted octanol–water partition coefficient (Wildman–Crippen LogP) is 3.34. The maximum atomic E-state index is 6.32. The summed E-state index contributed by atoms with van der Waals surface area (Å²) in [6, 6.07) is 8.99. The Labute approximate surface area is 111 Å². The normalized spacial score (nSPS) is 24.6. The van der Waals surface area contributed by atoms with Crippen LogP contribution >= 0.6 is 0 Å². The van der Waals surface area contributed by atoms with Crippen LogP contribution in [0.15, 0.2) is 24.3 Å². The van der Waals surface area contributed by atoms with Gasteiger partial charge in [0, 0.05) is 25.3 Å². The quantitative estimate of drug-likeness (QED) is 0.829. The number of benzene rings is 1. The maximum Gasteiger partial charge on any atom is 0.0393 e. The van der Waals surface area contributed by atoms with Crippen LogP contribution in [0.4, 0.5) is 5.69 Å². The molecule has 1 fully saturated rings. The highest BCUT2D eigenvalue weighted by atomic mass is 15.1. The van der Waals surface area contributed by atoms with Crippen molar-refractivity contribution < 1.29 is 0 Å². The smallest absolute Gasteiger partial charge is 0.0393 e. The Balaban J connectivity index is 2.02. The Hall–Kier alpha value is -1.02. The van der Waals surface area contributed by atoms with Crippen molar-refractivity contribution in [3.63, 3.8) is 0 Å². The van der Waals surface area contributed by atoms with Crippen molar-refractivity contribution in [1.82, 2.24) is 0 Å². The van der Waals surface area contributed by atoms with Crippen molar-refractivity contribution in [2.24, 2.45) is 11.7 Å². The first kappa shape index (κ1) is 13.4. The number of anilines is 1. The number of nitrogens with two attached hydrogens (primary N) is 1. The van der Waals surface area contributed by atoms with Crippen LogP contribution in [0.1, 0.15) is 37.7 Å². The fourth-order valence-corrected chi connectivity index (χ4v) is 3.08. The molecule has 2 unspecified atom stereocenters. The van der Waals surface area contributed by atoms with Crippen LogP contribution < -0.4 is 10.6 Å². The molecule has 0 aliphatic heterocycles. The summed E-state index contributed by atoms with van der Waals surface area (Å²) in [6.45, 7) is 3.27. The van der Waals surface area contributed by atoms with Crippen LogP contribution in [-0.2, 0) is 0 Å². The number of hydrogen-bond acceptors (Lipinski definition) is 2. The summed E-state index contributed by atoms with van der Waals surface area (Å²) in [5.74, 6) is 0.650. The molecule has 0 spiro atoms. The average molecular weight is 246 g/mol. The summed E-state index contributed by atoms with van der Waals surface area (Å²) in [5.41, 5.74) is 9.01. The van der Waals surface area contributed by atoms with E-state index in [4.69, 9.17) is 5.73 Å². The molecule has 2 N–H and O–H groups in total. The fraction of sp³-hybridized carbons (Fsp3) is 0.625. The van der Waals surface area contributed by atoms with E-state index in [0.29, 0.717) is 12.0 Å². The van der Waals surface area contributed by atoms with Crippen molar-refractivity contribution in [3.05, 3.63) is 29.8 Å². The Morgan fingerprint density at radius 3 is 2.67 bits per heavy atom. The van der Waals surface area contributed by atoms with E-state index in [1.807, 2.05) is 0 Å². The van der Waals surface area contributed by atoms with Gasteiger partial charge >= 0.3 is 0 Å². The van der Waals surface area contributed by atoms with E-state index in [9.17, 15) is 0 Å². The lowest BCUT2D eigenvalue weighted by atomic mass is 9.94. The van der Waals surface area contributed by atoms with E-state index in [0.717, 1.165) is 6.54 Å². The van der Waals surface area contributed by atoms with Crippen molar-refractivity contribution >= 4 is 5.69 Å². The van der Waals surface area contributed by atoms with Crippen molar-refractivity contribution in [1.29, 1.82) is 0 Å². The lowest BCUT2D eigenvalue weighted by molar-refractivity contribution is 0.401. The molecule has 1 aromatic carbocycles. The van der Waals surface area contributed by atoms with Crippen molar-refractivity contribution in [3.8, 4) is 0 Å². The predicted molar refractivity (Wildman–Crippen MR) is 79.0 cm³/mol. The van der Waals surface area contributed by atoms with Crippen LogP contribution in [0.3, 0.4) is 0 Å². The standard InChI is InChI=1S/C16H26N2/c1-13-8-6-7-11-16(13)18(2)12-14-9-4-3-5-10-15(14)17/h6-8,11,14-15H,3-5,9-10,12,17H2,1-2H3. The topological polar surface area (TPSA) is 29.3 Å². The summed E-state index contributed by atoms with van der Waals surface area (Å²) in [7, 11) is 2.19. The van der Waals surface area contributed by atoms with Crippen molar-refractivity contribution in [2.75, 3.05) is 18.5 Å². The van der Waals surface area contributed by atoms with E-state index < -0.39 is 0 Å². The first-order valence-corrected chi connectivity index (χ1v) is 7.21. The lowest BCUT2D eigenvalue weighted by Gasteiger charge is -2.29. The third kappa shape index (κ3) is 3.26. The van der Waals surface area contributed by atoms with Crippen LogP contribution in [0.5, 0.6) is 0 Å². The second-order valence-corrected chi connectivity index (χ2v) is 5.73. The molecule has 18 heavy (non-hydrogen) atoms. The lowest BCUT2D eigenvalue weighted by Crippen LogP contribution is -2.37. The third-order valence-electron chi connectivity index (χ3n) is 4.25. The summed E-state index contributed by atoms with van der Waals surface area (Å²) in [6.07, 6.45) is 6.51. The van der Waals surface area contributed by atoms with Crippen LogP contribution in [-0.4, -0.2) is 19.6 Å². The van der Waals surface area contributed by atoms with Gasteiger partial charge in [0.25, 0.3) is 0 Å². The van der Waals surface area contributed by atoms with Gasteiger partial charge in [0.2, 0.25) is 0 Å². The van der Waals surface area contributed by atoms with E-state index >= 15 is 0 Å². The third-order valence-corrected chi connectivity index (χ3v) is 4.25. The molecule has 100 valence electrons. The highest BCUT2D eigenvalue weighted by Crippen LogP contribution is 2.25. The molecule has 2 rings (SSSR count). The van der Waals surface area contributed by atoms with Gasteiger partial charge in [0.1, 0.15) is 0 Å². The molecule has 1 aliphatic carbocycles. The zero-order valence-electron chi connectivity index (χ0n) is 11.7. The van der Waals surface area contributed by atoms with Gasteiger partial charge in [-0.1, -0.05) is 37.5 Å². The van der Waals surface area contributed by atoms with Crippen LogP contribution in [0.2, 0.25) is 0 Å². The number of rotatable bonds is 3. The highest BCUT2D eigenvalue weighted by molar-refractivity contribution is 5.52. The van der Waals surface area contributed by atoms with Gasteiger partial charge in [-0.25, -0.2) is 0 Å². The summed E-state index contributed by atoms with van der Waals surface area (Å²) in [5, 5.41) is 0. The molecule has 0 saturated heterocycles. The van der Waals surface area contributed by atoms with Crippen LogP contribution in [0.25, 0.3) is 0 Å². The molecule has 0 amide bonds. The van der Waals surface area contributed by atoms with Gasteiger partial charge in [-0.15, -0.1) is 0 Å². The maximum absolute atomic E-state index is 6.32. The number of aryl methyl sites for hydroxylation is 1. The second kappa shape index (κ2) is 6.24. The van der Waals surface area contributed by atoms with Gasteiger partial charge in [0.15, 0.2) is 0 Å². The molecule has 2 heteroatoms. The molecule has 0 radical (unpaired) electrons. The molecule has 0 aromatic heterocycles. The summed E-state index contributed by atoms with van der Waals surface area (Å²) in [4.78, 5) is 2.38. The zero-order chi connectivity index (χ0) is 13.0. The Kier molecular flexibility index (Phi) is 4.65. The van der Waals surface area contributed by atoms with Crippen molar-refractivity contribution in [2.45, 2.75) is 45.1 Å². The molecule has 0 bridgehead atoms. The van der Waals surface area contributed by atoms with Gasteiger partial charge in [-0.2, -0.15) is 0 Å². The molecule has 0 heterocycles. The Morgan fingerprint density at radius 1 is 1.17 bits per heavy atom. The largest absolute Gasteiger partial charge is 0.374 e. The minimum Gasteiger partial charge on any atom is -0.374 e. The molecule has 2 nitrogen and oxygen atoms in total. The minimum absolute atomic E-state index is 0.388. The van der Waals surface area contributed by atoms with E-state index in [1.165, 1.54) is 43.4 Å². The van der Waals surface area contributed by atoms with E-state index in [1.54, 1.807) is 0 Å². The minimum atomic E-state index is 0.388. The Bertz CT molecular complexity index is 375. The zero-order valence-corrected chi connectivity index (χ0v) is 11.7. The molecular weight excluding hydrogens is 220 g/mol. The fourth-order valence-electron chi connectivity index (χ4n) is 3.08. The number of nitrogens with zero attached hydrogens (tertiary/aromatic N) is 1. The van der Waals surface area contributed by atoms with E-state index in [-0.39, 0.29) is 0 Å². The van der Waals surface area contributed by atoms with Gasteiger partial charge in [0.05, 0.1) is 0 Å². The van der Waals surface area contributed by atoms with Gasteiger partial charge in [-0.3, -0.25) is 0 Å². The highest BCUT2D eigenvalue weighted by Gasteiger charge is 2.22. The first-order chi connectivity index (χ1) is 8.68. The SMILES string of the molecule is Cc1ccccc1N(C)CC1CCCCCC1N. The number of hydrogen-bond donors (Lipinski definition) is 1. The second-order valence-electron chi connectivity index (χ2n) is 5.73. The summed E-state index contributed by atoms with van der Waals surface area (Å²) < 4.78 is 0. The van der Waals surface area contributed by atoms with Gasteiger partial charge < -0.3 is 10.6 Å². The molecule has 1 aromatic rings. The monoisotopic (exact) mass is 246 g/mol. The average Bonchev–Trinajstić information content (AvgIpc) is 2.55. The molecule has 1 aliphatic rings. The number of para-hydroxylation sites is 1. The molecule has 1 saturated carbocycles. The molecular formula is C16H26N2. The summed E-state index contributed by atoms with van der Waals surface area (Å²) >= 11 is 0.